The molecule has 0 unspecified atom stereocenters. The summed E-state index contributed by atoms with van der Waals surface area (Å²) in [6, 6.07) is -3.80. The molecule has 0 aliphatic carbocycles. The van der Waals surface area contributed by atoms with Gasteiger partial charge in [0.1, 0.15) is 0 Å². The molecular weight excluding hydrogens is 371 g/mol. The fourth-order valence-corrected chi connectivity index (χ4v) is 0.933. The molecule has 0 aliphatic rings. The summed E-state index contributed by atoms with van der Waals surface area (Å²) < 4.78 is 164. The number of hydrogen-bond donors (Lipinski definition) is 0. The third-order valence-corrected chi connectivity index (χ3v) is 2.20. The van der Waals surface area contributed by atoms with Crippen molar-refractivity contribution in [2.24, 2.45) is 0 Å². The summed E-state index contributed by atoms with van der Waals surface area (Å²) in [5, 5.41) is 0. The molecule has 0 fully saturated rings. The minimum atomic E-state index is -7.56. The Morgan fingerprint density at radius 2 is 1.09 bits per heavy atom. The first-order valence-corrected chi connectivity index (χ1v) is 4.81. The van der Waals surface area contributed by atoms with Crippen molar-refractivity contribution in [3.8, 4) is 0 Å². The highest BCUT2D eigenvalue weighted by Gasteiger charge is 2.87. The van der Waals surface area contributed by atoms with Gasteiger partial charge in [0.25, 0.3) is 0 Å². The summed E-state index contributed by atoms with van der Waals surface area (Å²) in [5.41, 5.74) is 0. The van der Waals surface area contributed by atoms with Crippen molar-refractivity contribution in [2.75, 3.05) is 0 Å². The van der Waals surface area contributed by atoms with Crippen LogP contribution in [0.1, 0.15) is 0 Å². The maximum Gasteiger partial charge on any atom is 0.472 e. The molecule has 0 radical (unpaired) electrons. The molecule has 0 aromatic rings. The monoisotopic (exact) mass is 374 g/mol. The summed E-state index contributed by atoms with van der Waals surface area (Å²) >= 11 is 0. The van der Waals surface area contributed by atoms with E-state index in [4.69, 9.17) is 0 Å². The van der Waals surface area contributed by atoms with Crippen LogP contribution in [-0.4, -0.2) is 29.8 Å². The minimum absolute atomic E-state index is 1.24. The van der Waals surface area contributed by atoms with Crippen LogP contribution in [0.3, 0.4) is 0 Å². The highest BCUT2D eigenvalue weighted by Crippen LogP contribution is 2.57. The number of halogens is 13. The van der Waals surface area contributed by atoms with Gasteiger partial charge in [-0.2, -0.15) is 57.1 Å². The topological polar surface area (TPSA) is 9.23 Å². The van der Waals surface area contributed by atoms with Gasteiger partial charge in [-0.25, -0.2) is 0 Å². The molecule has 0 atom stereocenters. The zero-order valence-electron chi connectivity index (χ0n) is 10.1. The van der Waals surface area contributed by atoms with Crippen LogP contribution in [0, 0.1) is 0 Å². The predicted molar refractivity (Wildman–Crippen MR) is 46.4 cm³/mol. The molecule has 0 spiro atoms. The standard InChI is InChI=1S/C9H3F13O/c1-2-5(13,14)6(15,16)7(17,18)8(19,20)9(21,22)23-4(12)3(10)11/h2H,1H2. The van der Waals surface area contributed by atoms with Crippen LogP contribution in [0.5, 0.6) is 0 Å². The van der Waals surface area contributed by atoms with Crippen molar-refractivity contribution in [3.05, 3.63) is 24.7 Å². The number of alkyl halides is 10. The maximum atomic E-state index is 12.9. The van der Waals surface area contributed by atoms with Gasteiger partial charge in [0.15, 0.2) is 0 Å². The summed E-state index contributed by atoms with van der Waals surface area (Å²) in [5.74, 6) is -28.4. The number of rotatable bonds is 7. The Labute approximate surface area is 118 Å². The van der Waals surface area contributed by atoms with E-state index in [0.29, 0.717) is 0 Å². The van der Waals surface area contributed by atoms with Gasteiger partial charge in [0, 0.05) is 0 Å². The quantitative estimate of drug-likeness (QED) is 0.331. The van der Waals surface area contributed by atoms with Crippen LogP contribution in [-0.2, 0) is 4.74 Å². The molecule has 0 aromatic carbocycles. The van der Waals surface area contributed by atoms with Crippen LogP contribution >= 0.6 is 0 Å². The maximum absolute atomic E-state index is 12.9. The first kappa shape index (κ1) is 21.4. The van der Waals surface area contributed by atoms with E-state index in [1.165, 1.54) is 0 Å². The average Bonchev–Trinajstić information content (AvgIpc) is 2.36. The van der Waals surface area contributed by atoms with E-state index in [9.17, 15) is 57.1 Å². The van der Waals surface area contributed by atoms with Crippen LogP contribution in [0.2, 0.25) is 0 Å². The second-order valence-electron chi connectivity index (χ2n) is 3.70. The molecule has 0 saturated carbocycles. The van der Waals surface area contributed by atoms with Gasteiger partial charge in [-0.1, -0.05) is 6.58 Å². The Morgan fingerprint density at radius 3 is 1.39 bits per heavy atom. The van der Waals surface area contributed by atoms with Gasteiger partial charge >= 0.3 is 41.9 Å². The van der Waals surface area contributed by atoms with E-state index in [0.717, 1.165) is 0 Å². The summed E-state index contributed by atoms with van der Waals surface area (Å²) in [6.07, 6.45) is -12.1. The van der Waals surface area contributed by atoms with Crippen molar-refractivity contribution in [1.82, 2.24) is 0 Å². The Morgan fingerprint density at radius 1 is 0.696 bits per heavy atom. The van der Waals surface area contributed by atoms with Crippen LogP contribution in [0.15, 0.2) is 24.7 Å². The van der Waals surface area contributed by atoms with Gasteiger partial charge in [0.2, 0.25) is 0 Å². The molecule has 14 heteroatoms. The van der Waals surface area contributed by atoms with E-state index in [2.05, 4.69) is 0 Å². The first-order valence-electron chi connectivity index (χ1n) is 4.81. The number of allylic oxidation sites excluding steroid dienone is 1. The Kier molecular flexibility index (Phi) is 5.37. The lowest BCUT2D eigenvalue weighted by Crippen LogP contribution is -2.67. The van der Waals surface area contributed by atoms with E-state index in [1.807, 2.05) is 11.3 Å². The van der Waals surface area contributed by atoms with Crippen molar-refractivity contribution < 1.29 is 61.8 Å². The van der Waals surface area contributed by atoms with Crippen LogP contribution in [0.4, 0.5) is 57.1 Å². The molecule has 0 amide bonds. The van der Waals surface area contributed by atoms with Crippen LogP contribution in [0.25, 0.3) is 0 Å². The highest BCUT2D eigenvalue weighted by atomic mass is 19.4. The fourth-order valence-electron chi connectivity index (χ4n) is 0.933. The van der Waals surface area contributed by atoms with E-state index in [-0.39, 0.29) is 0 Å². The Hall–Kier alpha value is -1.63. The molecule has 0 N–H and O–H groups in total. The lowest BCUT2D eigenvalue weighted by molar-refractivity contribution is -0.438. The molecule has 0 aliphatic heterocycles. The number of ether oxygens (including phenoxy) is 1. The second kappa shape index (κ2) is 5.78. The summed E-state index contributed by atoms with van der Waals surface area (Å²) in [4.78, 5) is 0. The molecule has 0 heterocycles. The highest BCUT2D eigenvalue weighted by molar-refractivity contribution is 5.11. The zero-order valence-corrected chi connectivity index (χ0v) is 10.1. The Bertz CT molecular complexity index is 488. The van der Waals surface area contributed by atoms with Crippen molar-refractivity contribution in [2.45, 2.75) is 29.8 Å². The van der Waals surface area contributed by atoms with Gasteiger partial charge in [-0.3, -0.25) is 0 Å². The van der Waals surface area contributed by atoms with Crippen molar-refractivity contribution in [1.29, 1.82) is 0 Å². The van der Waals surface area contributed by atoms with Crippen molar-refractivity contribution in [3.63, 3.8) is 0 Å². The third kappa shape index (κ3) is 3.20. The lowest BCUT2D eigenvalue weighted by Gasteiger charge is -2.37. The molecule has 0 saturated heterocycles. The number of hydrogen-bond acceptors (Lipinski definition) is 1. The average molecular weight is 374 g/mol. The zero-order chi connectivity index (χ0) is 19.1. The molecule has 0 bridgehead atoms. The molecule has 0 aromatic heterocycles. The van der Waals surface area contributed by atoms with E-state index in [1.54, 1.807) is 0 Å². The SMILES string of the molecule is C=CC(F)(F)C(F)(F)C(F)(F)C(F)(F)C(F)(F)OC(F)=C(F)F. The molecular formula is C9H3F13O. The predicted octanol–water partition coefficient (Wildman–Crippen LogP) is 5.36. The van der Waals surface area contributed by atoms with E-state index >= 15 is 0 Å². The summed E-state index contributed by atoms with van der Waals surface area (Å²) in [7, 11) is 0. The van der Waals surface area contributed by atoms with E-state index < -0.39 is 48.0 Å². The molecule has 23 heavy (non-hydrogen) atoms. The minimum Gasteiger partial charge on any atom is -0.397 e. The fraction of sp³-hybridized carbons (Fsp3) is 0.556. The third-order valence-electron chi connectivity index (χ3n) is 2.20. The molecule has 136 valence electrons. The van der Waals surface area contributed by atoms with Gasteiger partial charge in [-0.15, -0.1) is 0 Å². The van der Waals surface area contributed by atoms with Gasteiger partial charge in [0.05, 0.1) is 0 Å². The first-order chi connectivity index (χ1) is 9.89. The van der Waals surface area contributed by atoms with Crippen molar-refractivity contribution >= 4 is 0 Å². The summed E-state index contributed by atoms with van der Waals surface area (Å²) in [6.45, 7) is 1.93. The smallest absolute Gasteiger partial charge is 0.397 e. The molecule has 1 nitrogen and oxygen atoms in total. The van der Waals surface area contributed by atoms with Crippen LogP contribution < -0.4 is 0 Å². The second-order valence-corrected chi connectivity index (χ2v) is 3.70. The largest absolute Gasteiger partial charge is 0.472 e. The lowest BCUT2D eigenvalue weighted by atomic mass is 9.98. The molecule has 0 rings (SSSR count). The van der Waals surface area contributed by atoms with Gasteiger partial charge in [-0.05, 0) is 6.08 Å². The normalized spacial score (nSPS) is 14.5. The van der Waals surface area contributed by atoms with Gasteiger partial charge < -0.3 is 4.74 Å². The Balaban J connectivity index is 6.07.